The molecule has 0 saturated heterocycles. The van der Waals surface area contributed by atoms with E-state index in [4.69, 9.17) is 36.6 Å². The Morgan fingerprint density at radius 1 is 1.00 bits per heavy atom. The molecule has 0 spiro atoms. The van der Waals surface area contributed by atoms with E-state index in [2.05, 4.69) is 4.74 Å². The molecule has 12 heteroatoms. The van der Waals surface area contributed by atoms with Gasteiger partial charge in [-0.2, -0.15) is 5.54 Å². The van der Waals surface area contributed by atoms with Gasteiger partial charge in [-0.25, -0.2) is 0 Å². The average molecular weight is 259 g/mol. The van der Waals surface area contributed by atoms with Gasteiger partial charge in [-0.05, 0) is 0 Å². The van der Waals surface area contributed by atoms with Crippen molar-refractivity contribution in [1.29, 1.82) is 0 Å². The van der Waals surface area contributed by atoms with Crippen molar-refractivity contribution < 1.29 is 50.6 Å². The molecule has 0 aromatic rings. The number of hydrogen-bond acceptors (Lipinski definition) is 2. The molecular formula is C3H6F9NO2. The summed E-state index contributed by atoms with van der Waals surface area (Å²) in [5.74, 6) is -0.762. The van der Waals surface area contributed by atoms with Crippen LogP contribution in [0.2, 0.25) is 0 Å². The molecule has 0 aromatic carbocycles. The fourth-order valence-corrected chi connectivity index (χ4v) is 0.158. The predicted octanol–water partition coefficient (Wildman–Crippen LogP) is 3.00. The molecular weight excluding hydrogens is 253 g/mol. The molecule has 1 N–H and O–H groups in total. The minimum absolute atomic E-state index is 0.226. The highest BCUT2D eigenvalue weighted by Crippen LogP contribution is 1.65. The zero-order valence-electron chi connectivity index (χ0n) is 6.93. The third-order valence-electron chi connectivity index (χ3n) is 0.381. The molecule has 0 aliphatic heterocycles. The molecule has 0 radical (unpaired) electrons. The number of carbonyl (C=O) groups excluding carboxylic acids is 1. The molecule has 98 valence electrons. The first kappa shape index (κ1) is 29.2. The summed E-state index contributed by atoms with van der Waals surface area (Å²) < 4.78 is 79.1. The highest BCUT2D eigenvalue weighted by Gasteiger charge is 1.93. The van der Waals surface area contributed by atoms with Gasteiger partial charge in [-0.15, -0.1) is 4.48 Å². The van der Waals surface area contributed by atoms with Crippen LogP contribution in [0, 0.1) is 0 Å². The second-order valence-electron chi connectivity index (χ2n) is 0.951. The van der Waals surface area contributed by atoms with Crippen LogP contribution >= 0.6 is 0 Å². The molecule has 0 saturated carbocycles. The topological polar surface area (TPSA) is 38.3 Å². The summed E-state index contributed by atoms with van der Waals surface area (Å²) in [5.41, 5.74) is 0.902. The van der Waals surface area contributed by atoms with E-state index in [-0.39, 0.29) is 6.61 Å². The Labute approximate surface area is 77.2 Å². The summed E-state index contributed by atoms with van der Waals surface area (Å²) in [4.78, 5) is 9.80. The first-order valence-corrected chi connectivity index (χ1v) is 2.27. The smallest absolute Gasteiger partial charge is 0.273 e. The number of halogens is 9. The number of rotatable bonds is 2. The van der Waals surface area contributed by atoms with Crippen LogP contribution in [-0.4, -0.2) is 19.6 Å². The highest BCUT2D eigenvalue weighted by molar-refractivity contribution is 5.75. The minimum Gasteiger partial charge on any atom is -0.375 e. The van der Waals surface area contributed by atoms with Gasteiger partial charge in [-0.3, -0.25) is 4.79 Å². The molecule has 0 aromatic heterocycles. The lowest BCUT2D eigenvalue weighted by Gasteiger charge is -1.89. The van der Waals surface area contributed by atoms with Crippen LogP contribution in [0.3, 0.4) is 0 Å². The van der Waals surface area contributed by atoms with Crippen molar-refractivity contribution in [2.75, 3.05) is 13.7 Å². The maximum atomic E-state index is 10.9. The number of ether oxygens (including phenoxy) is 1. The van der Waals surface area contributed by atoms with Crippen molar-refractivity contribution in [3.05, 3.63) is 0 Å². The Morgan fingerprint density at radius 3 is 1.33 bits per heavy atom. The maximum Gasteiger partial charge on any atom is 0.273 e. The van der Waals surface area contributed by atoms with Crippen LogP contribution in [0.25, 0.3) is 0 Å². The summed E-state index contributed by atoms with van der Waals surface area (Å²) in [6.45, 7) is -0.226. The van der Waals surface area contributed by atoms with Gasteiger partial charge in [-0.1, -0.05) is 0 Å². The lowest BCUT2D eigenvalue weighted by atomic mass is 10.7. The Balaban J connectivity index is -0.0000000353. The van der Waals surface area contributed by atoms with Crippen LogP contribution in [0.15, 0.2) is 0 Å². The van der Waals surface area contributed by atoms with Gasteiger partial charge in [0.05, 0.1) is 0 Å². The number of nitrogens with one attached hydrogen (secondary N) is 1. The van der Waals surface area contributed by atoms with E-state index in [1.165, 1.54) is 7.11 Å². The molecule has 3 nitrogen and oxygen atoms in total. The Hall–Kier alpha value is -1.20. The fourth-order valence-electron chi connectivity index (χ4n) is 0.158. The zero-order chi connectivity index (χ0) is 13.7. The van der Waals surface area contributed by atoms with Crippen molar-refractivity contribution in [2.24, 2.45) is 0 Å². The molecule has 0 aliphatic carbocycles. The SMILES string of the molecule is COCC(=O)NF.FF.FF.FF.FF. The molecule has 0 fully saturated rings. The largest absolute Gasteiger partial charge is 0.375 e. The molecule has 0 atom stereocenters. The standard InChI is InChI=1S/C3H6FNO2.4F2/c1-7-2-3(6)5-4;4*1-2/h2H2,1H3,(H,5,6);;;;. The molecule has 0 bridgehead atoms. The molecule has 0 unspecified atom stereocenters. The van der Waals surface area contributed by atoms with Crippen molar-refractivity contribution in [1.82, 2.24) is 5.54 Å². The van der Waals surface area contributed by atoms with Crippen LogP contribution in [0.5, 0.6) is 0 Å². The molecule has 1 amide bonds. The van der Waals surface area contributed by atoms with Gasteiger partial charge in [0.1, 0.15) is 6.61 Å². The first-order chi connectivity index (χ1) is 7.31. The minimum atomic E-state index is -0.762. The van der Waals surface area contributed by atoms with Gasteiger partial charge >= 0.3 is 0 Å². The van der Waals surface area contributed by atoms with Crippen molar-refractivity contribution in [2.45, 2.75) is 0 Å². The molecule has 0 rings (SSSR count). The van der Waals surface area contributed by atoms with Crippen LogP contribution in [-0.2, 0) is 9.53 Å². The first-order valence-electron chi connectivity index (χ1n) is 2.27. The van der Waals surface area contributed by atoms with E-state index in [1.54, 1.807) is 0 Å². The fraction of sp³-hybridized carbons (Fsp3) is 0.667. The third-order valence-corrected chi connectivity index (χ3v) is 0.381. The van der Waals surface area contributed by atoms with E-state index >= 15 is 0 Å². The molecule has 15 heavy (non-hydrogen) atoms. The maximum absolute atomic E-state index is 10.9. The van der Waals surface area contributed by atoms with Gasteiger partial charge < -0.3 is 4.74 Å². The lowest BCUT2D eigenvalue weighted by Crippen LogP contribution is -2.18. The van der Waals surface area contributed by atoms with Crippen molar-refractivity contribution >= 4 is 5.91 Å². The Bertz CT molecular complexity index is 76.4. The van der Waals surface area contributed by atoms with E-state index in [0.29, 0.717) is 0 Å². The van der Waals surface area contributed by atoms with Crippen molar-refractivity contribution in [3.63, 3.8) is 0 Å². The van der Waals surface area contributed by atoms with Crippen LogP contribution < -0.4 is 5.54 Å². The Morgan fingerprint density at radius 2 is 1.27 bits per heavy atom. The van der Waals surface area contributed by atoms with Gasteiger partial charge in [0.15, 0.2) is 0 Å². The number of methoxy groups -OCH3 is 1. The second kappa shape index (κ2) is 77.4. The van der Waals surface area contributed by atoms with E-state index in [9.17, 15) is 9.28 Å². The third kappa shape index (κ3) is 103. The number of amides is 1. The van der Waals surface area contributed by atoms with Gasteiger partial charge in [0.25, 0.3) is 5.91 Å². The summed E-state index contributed by atoms with van der Waals surface area (Å²) in [6.07, 6.45) is 0. The summed E-state index contributed by atoms with van der Waals surface area (Å²) in [6, 6.07) is 0. The summed E-state index contributed by atoms with van der Waals surface area (Å²) >= 11 is 0. The number of carbonyl (C=O) groups is 1. The zero-order valence-corrected chi connectivity index (χ0v) is 6.93. The highest BCUT2D eigenvalue weighted by atomic mass is 20.0. The average Bonchev–Trinajstić information content (AvgIpc) is 2.39. The summed E-state index contributed by atoms with van der Waals surface area (Å²) in [7, 11) is 1.31. The van der Waals surface area contributed by atoms with Crippen LogP contribution in [0.4, 0.5) is 41.1 Å². The monoisotopic (exact) mass is 259 g/mol. The van der Waals surface area contributed by atoms with Crippen molar-refractivity contribution in [3.8, 4) is 0 Å². The van der Waals surface area contributed by atoms with Crippen LogP contribution in [0.1, 0.15) is 0 Å². The van der Waals surface area contributed by atoms with Gasteiger partial charge in [0, 0.05) is 43.7 Å². The second-order valence-corrected chi connectivity index (χ2v) is 0.951. The Kier molecular flexibility index (Phi) is 151. The molecule has 0 aliphatic rings. The van der Waals surface area contributed by atoms with E-state index < -0.39 is 5.91 Å². The summed E-state index contributed by atoms with van der Waals surface area (Å²) in [5, 5.41) is 0. The van der Waals surface area contributed by atoms with E-state index in [0.717, 1.165) is 5.54 Å². The quantitative estimate of drug-likeness (QED) is 0.611. The number of hydrogen-bond donors (Lipinski definition) is 1. The van der Waals surface area contributed by atoms with E-state index in [1.807, 2.05) is 0 Å². The normalized spacial score (nSPS) is 5.47. The lowest BCUT2D eigenvalue weighted by molar-refractivity contribution is -0.128. The molecule has 0 heterocycles. The van der Waals surface area contributed by atoms with Gasteiger partial charge in [0.2, 0.25) is 0 Å². The predicted molar refractivity (Wildman–Crippen MR) is 30.0 cm³/mol.